The van der Waals surface area contributed by atoms with Crippen LogP contribution >= 0.6 is 22.9 Å². The molecular weight excluding hydrogens is 302 g/mol. The van der Waals surface area contributed by atoms with Gasteiger partial charge in [0.1, 0.15) is 0 Å². The Morgan fingerprint density at radius 3 is 2.70 bits per heavy atom. The molecule has 0 atom stereocenters. The Hall–Kier alpha value is -1.51. The standard InChI is InChI=1S/C11H12ClN5O2S/c1-15-2-4-16(5-3-15)11-14-10-8(20-11)6-7(17(18)19)9(12)13-10/h6H,2-5H2,1H3. The highest BCUT2D eigenvalue weighted by Gasteiger charge is 2.21. The molecule has 0 saturated carbocycles. The Labute approximate surface area is 123 Å². The maximum Gasteiger partial charge on any atom is 0.308 e. The third-order valence-electron chi connectivity index (χ3n) is 3.28. The van der Waals surface area contributed by atoms with Crippen LogP contribution in [0.3, 0.4) is 0 Å². The van der Waals surface area contributed by atoms with Crippen molar-refractivity contribution in [2.75, 3.05) is 38.1 Å². The lowest BCUT2D eigenvalue weighted by Crippen LogP contribution is -2.44. The number of nitrogens with zero attached hydrogens (tertiary/aromatic N) is 5. The fourth-order valence-corrected chi connectivity index (χ4v) is 3.28. The van der Waals surface area contributed by atoms with E-state index < -0.39 is 4.92 Å². The Kier molecular flexibility index (Phi) is 3.45. The number of nitro groups is 1. The molecule has 9 heteroatoms. The second-order valence-electron chi connectivity index (χ2n) is 4.66. The van der Waals surface area contributed by atoms with E-state index in [0.29, 0.717) is 10.3 Å². The number of thiazole rings is 1. The minimum Gasteiger partial charge on any atom is -0.345 e. The van der Waals surface area contributed by atoms with Gasteiger partial charge in [0.2, 0.25) is 5.15 Å². The van der Waals surface area contributed by atoms with E-state index in [1.807, 2.05) is 0 Å². The lowest BCUT2D eigenvalue weighted by atomic mass is 10.3. The molecule has 0 amide bonds. The van der Waals surface area contributed by atoms with E-state index >= 15 is 0 Å². The molecule has 0 bridgehead atoms. The van der Waals surface area contributed by atoms with Gasteiger partial charge in [-0.25, -0.2) is 4.98 Å². The molecule has 1 fully saturated rings. The van der Waals surface area contributed by atoms with Gasteiger partial charge in [-0.1, -0.05) is 22.9 Å². The van der Waals surface area contributed by atoms with E-state index in [1.165, 1.54) is 17.4 Å². The number of piperazine rings is 1. The van der Waals surface area contributed by atoms with Gasteiger partial charge in [0.15, 0.2) is 10.8 Å². The summed E-state index contributed by atoms with van der Waals surface area (Å²) in [6.45, 7) is 3.74. The fraction of sp³-hybridized carbons (Fsp3) is 0.455. The van der Waals surface area contributed by atoms with E-state index in [2.05, 4.69) is 26.8 Å². The predicted molar refractivity (Wildman–Crippen MR) is 78.8 cm³/mol. The van der Waals surface area contributed by atoms with E-state index in [9.17, 15) is 10.1 Å². The lowest BCUT2D eigenvalue weighted by Gasteiger charge is -2.31. The molecule has 20 heavy (non-hydrogen) atoms. The molecule has 0 N–H and O–H groups in total. The monoisotopic (exact) mass is 313 g/mol. The van der Waals surface area contributed by atoms with Gasteiger partial charge in [0, 0.05) is 32.2 Å². The van der Waals surface area contributed by atoms with Crippen LogP contribution in [0.2, 0.25) is 5.15 Å². The molecule has 106 valence electrons. The van der Waals surface area contributed by atoms with Gasteiger partial charge >= 0.3 is 5.69 Å². The number of aromatic nitrogens is 2. The van der Waals surface area contributed by atoms with Crippen molar-refractivity contribution in [1.82, 2.24) is 14.9 Å². The van der Waals surface area contributed by atoms with Crippen molar-refractivity contribution in [3.05, 3.63) is 21.3 Å². The maximum absolute atomic E-state index is 10.9. The molecule has 0 aliphatic carbocycles. The summed E-state index contributed by atoms with van der Waals surface area (Å²) in [5.74, 6) is 0. The Balaban J connectivity index is 1.96. The minimum absolute atomic E-state index is 0.113. The smallest absolute Gasteiger partial charge is 0.308 e. The fourth-order valence-electron chi connectivity index (χ4n) is 2.08. The van der Waals surface area contributed by atoms with Crippen molar-refractivity contribution in [1.29, 1.82) is 0 Å². The first kappa shape index (κ1) is 13.5. The largest absolute Gasteiger partial charge is 0.345 e. The number of hydrogen-bond acceptors (Lipinski definition) is 7. The van der Waals surface area contributed by atoms with E-state index in [4.69, 9.17) is 11.6 Å². The molecule has 3 heterocycles. The van der Waals surface area contributed by atoms with Crippen molar-refractivity contribution in [3.63, 3.8) is 0 Å². The summed E-state index contributed by atoms with van der Waals surface area (Å²) in [4.78, 5) is 23.2. The Bertz CT molecular complexity index is 668. The highest BCUT2D eigenvalue weighted by Crippen LogP contribution is 2.33. The molecule has 0 spiro atoms. The molecule has 2 aromatic heterocycles. The van der Waals surface area contributed by atoms with Gasteiger partial charge < -0.3 is 9.80 Å². The van der Waals surface area contributed by atoms with Gasteiger partial charge in [-0.05, 0) is 7.05 Å². The summed E-state index contributed by atoms with van der Waals surface area (Å²) in [6.07, 6.45) is 0. The molecule has 3 rings (SSSR count). The van der Waals surface area contributed by atoms with Crippen molar-refractivity contribution >= 4 is 44.1 Å². The molecule has 0 aromatic carbocycles. The molecule has 1 aliphatic rings. The van der Waals surface area contributed by atoms with Crippen LogP contribution in [0.15, 0.2) is 6.07 Å². The first-order valence-electron chi connectivity index (χ1n) is 6.09. The summed E-state index contributed by atoms with van der Waals surface area (Å²) >= 11 is 7.22. The van der Waals surface area contributed by atoms with Crippen LogP contribution in [0.5, 0.6) is 0 Å². The molecule has 1 aliphatic heterocycles. The third kappa shape index (κ3) is 2.41. The topological polar surface area (TPSA) is 75.4 Å². The predicted octanol–water partition coefficient (Wildman–Crippen LogP) is 2.00. The van der Waals surface area contributed by atoms with Crippen molar-refractivity contribution in [3.8, 4) is 0 Å². The van der Waals surface area contributed by atoms with Crippen LogP contribution < -0.4 is 4.90 Å². The first-order valence-corrected chi connectivity index (χ1v) is 7.29. The van der Waals surface area contributed by atoms with Crippen molar-refractivity contribution < 1.29 is 4.92 Å². The van der Waals surface area contributed by atoms with E-state index in [0.717, 1.165) is 31.3 Å². The van der Waals surface area contributed by atoms with Gasteiger partial charge in [-0.15, -0.1) is 0 Å². The SMILES string of the molecule is CN1CCN(c2nc3nc(Cl)c([N+](=O)[O-])cc3s2)CC1. The van der Waals surface area contributed by atoms with E-state index in [-0.39, 0.29) is 10.8 Å². The number of pyridine rings is 1. The zero-order valence-corrected chi connectivity index (χ0v) is 12.3. The molecule has 1 saturated heterocycles. The van der Waals surface area contributed by atoms with Gasteiger partial charge in [0.05, 0.1) is 9.62 Å². The highest BCUT2D eigenvalue weighted by atomic mass is 35.5. The number of fused-ring (bicyclic) bond motifs is 1. The average molecular weight is 314 g/mol. The zero-order valence-electron chi connectivity index (χ0n) is 10.7. The van der Waals surface area contributed by atoms with Gasteiger partial charge in [-0.2, -0.15) is 4.98 Å². The van der Waals surface area contributed by atoms with Crippen molar-refractivity contribution in [2.45, 2.75) is 0 Å². The molecule has 2 aromatic rings. The zero-order chi connectivity index (χ0) is 14.3. The lowest BCUT2D eigenvalue weighted by molar-refractivity contribution is -0.384. The normalized spacial score (nSPS) is 16.8. The quantitative estimate of drug-likeness (QED) is 0.479. The van der Waals surface area contributed by atoms with Crippen LogP contribution in [-0.4, -0.2) is 53.0 Å². The van der Waals surface area contributed by atoms with Crippen LogP contribution in [0.4, 0.5) is 10.8 Å². The second-order valence-corrected chi connectivity index (χ2v) is 6.03. The van der Waals surface area contributed by atoms with E-state index in [1.54, 1.807) is 0 Å². The first-order chi connectivity index (χ1) is 9.54. The van der Waals surface area contributed by atoms with Crippen molar-refractivity contribution in [2.24, 2.45) is 0 Å². The maximum atomic E-state index is 10.9. The number of hydrogen-bond donors (Lipinski definition) is 0. The summed E-state index contributed by atoms with van der Waals surface area (Å²) in [5.41, 5.74) is 0.298. The molecule has 0 radical (unpaired) electrons. The summed E-state index contributed by atoms with van der Waals surface area (Å²) in [7, 11) is 2.08. The minimum atomic E-state index is -0.524. The number of rotatable bonds is 2. The molecular formula is C11H12ClN5O2S. The highest BCUT2D eigenvalue weighted by molar-refractivity contribution is 7.22. The Morgan fingerprint density at radius 2 is 2.05 bits per heavy atom. The number of anilines is 1. The van der Waals surface area contributed by atoms with Gasteiger partial charge in [-0.3, -0.25) is 10.1 Å². The summed E-state index contributed by atoms with van der Waals surface area (Å²) in [5, 5.41) is 11.6. The molecule has 7 nitrogen and oxygen atoms in total. The third-order valence-corrected chi connectivity index (χ3v) is 4.61. The van der Waals surface area contributed by atoms with Crippen LogP contribution in [0.1, 0.15) is 0 Å². The van der Waals surface area contributed by atoms with Crippen LogP contribution in [0, 0.1) is 10.1 Å². The summed E-state index contributed by atoms with van der Waals surface area (Å²) < 4.78 is 0.690. The van der Waals surface area contributed by atoms with Gasteiger partial charge in [0.25, 0.3) is 0 Å². The summed E-state index contributed by atoms with van der Waals surface area (Å²) in [6, 6.07) is 1.45. The molecule has 0 unspecified atom stereocenters. The average Bonchev–Trinajstić information content (AvgIpc) is 2.81. The second kappa shape index (κ2) is 5.12. The Morgan fingerprint density at radius 1 is 1.35 bits per heavy atom. The number of likely N-dealkylation sites (N-methyl/N-ethyl adjacent to an activating group) is 1. The number of halogens is 1. The van der Waals surface area contributed by atoms with Crippen LogP contribution in [-0.2, 0) is 0 Å². The van der Waals surface area contributed by atoms with Crippen LogP contribution in [0.25, 0.3) is 10.3 Å².